The van der Waals surface area contributed by atoms with Gasteiger partial charge in [-0.15, -0.1) is 5.10 Å². The predicted octanol–water partition coefficient (Wildman–Crippen LogP) is 1.88. The van der Waals surface area contributed by atoms with Crippen molar-refractivity contribution in [3.63, 3.8) is 0 Å². The van der Waals surface area contributed by atoms with E-state index >= 15 is 0 Å². The van der Waals surface area contributed by atoms with E-state index in [0.29, 0.717) is 26.3 Å². The van der Waals surface area contributed by atoms with E-state index in [2.05, 4.69) is 5.10 Å². The van der Waals surface area contributed by atoms with Crippen LogP contribution in [-0.4, -0.2) is 46.9 Å². The van der Waals surface area contributed by atoms with Crippen LogP contribution in [0.15, 0.2) is 69.9 Å². The maximum absolute atomic E-state index is 12.5. The molecule has 4 rings (SSSR count). The Morgan fingerprint density at radius 1 is 0.964 bits per heavy atom. The van der Waals surface area contributed by atoms with Crippen LogP contribution in [-0.2, 0) is 16.1 Å². The Labute approximate surface area is 162 Å². The van der Waals surface area contributed by atoms with Crippen molar-refractivity contribution in [1.29, 1.82) is 0 Å². The van der Waals surface area contributed by atoms with Crippen LogP contribution in [0, 0.1) is 0 Å². The molecule has 0 saturated carbocycles. The second kappa shape index (κ2) is 8.22. The standard InChI is InChI=1S/C21H21N3O4/c25-18(23-11-13-27-14-12-23)15-24-21(26)28-20(22-24)19(16-7-3-1-4-8-16)17-9-5-2-6-10-17/h1-10,19H,11-15H2. The first kappa shape index (κ1) is 18.2. The lowest BCUT2D eigenvalue weighted by Gasteiger charge is -2.26. The van der Waals surface area contributed by atoms with Gasteiger partial charge in [-0.25, -0.2) is 4.79 Å². The van der Waals surface area contributed by atoms with Gasteiger partial charge in [0.05, 0.1) is 19.1 Å². The maximum Gasteiger partial charge on any atom is 0.437 e. The highest BCUT2D eigenvalue weighted by molar-refractivity contribution is 5.75. The van der Waals surface area contributed by atoms with Gasteiger partial charge in [0.25, 0.3) is 0 Å². The van der Waals surface area contributed by atoms with Crippen molar-refractivity contribution < 1.29 is 13.9 Å². The number of rotatable bonds is 5. The molecule has 0 N–H and O–H groups in total. The van der Waals surface area contributed by atoms with Crippen molar-refractivity contribution in [3.8, 4) is 0 Å². The molecule has 1 aliphatic rings. The Morgan fingerprint density at radius 2 is 1.54 bits per heavy atom. The lowest BCUT2D eigenvalue weighted by atomic mass is 9.91. The van der Waals surface area contributed by atoms with Crippen LogP contribution in [0.25, 0.3) is 0 Å². The number of amides is 1. The van der Waals surface area contributed by atoms with E-state index in [4.69, 9.17) is 9.15 Å². The summed E-state index contributed by atoms with van der Waals surface area (Å²) in [5.41, 5.74) is 1.92. The van der Waals surface area contributed by atoms with Crippen LogP contribution >= 0.6 is 0 Å². The van der Waals surface area contributed by atoms with Gasteiger partial charge in [0, 0.05) is 13.1 Å². The minimum atomic E-state index is -0.631. The molecule has 1 saturated heterocycles. The number of carbonyl (C=O) groups is 1. The molecule has 0 aliphatic carbocycles. The van der Waals surface area contributed by atoms with E-state index in [9.17, 15) is 9.59 Å². The van der Waals surface area contributed by atoms with E-state index in [1.54, 1.807) is 4.90 Å². The smallest absolute Gasteiger partial charge is 0.391 e. The summed E-state index contributed by atoms with van der Waals surface area (Å²) in [6.07, 6.45) is 0. The molecular weight excluding hydrogens is 358 g/mol. The third kappa shape index (κ3) is 3.89. The van der Waals surface area contributed by atoms with E-state index < -0.39 is 5.76 Å². The summed E-state index contributed by atoms with van der Waals surface area (Å²) < 4.78 is 11.8. The fraction of sp³-hybridized carbons (Fsp3) is 0.286. The average Bonchev–Trinajstić information content (AvgIpc) is 3.10. The van der Waals surface area contributed by atoms with Crippen molar-refractivity contribution in [2.75, 3.05) is 26.3 Å². The fourth-order valence-electron chi connectivity index (χ4n) is 3.35. The summed E-state index contributed by atoms with van der Waals surface area (Å²) in [6, 6.07) is 19.5. The molecule has 0 spiro atoms. The second-order valence-corrected chi connectivity index (χ2v) is 6.61. The number of ether oxygens (including phenoxy) is 1. The number of aromatic nitrogens is 2. The number of morpholine rings is 1. The summed E-state index contributed by atoms with van der Waals surface area (Å²) >= 11 is 0. The number of carbonyl (C=O) groups excluding carboxylic acids is 1. The molecule has 3 aromatic rings. The van der Waals surface area contributed by atoms with Crippen LogP contribution < -0.4 is 5.76 Å². The highest BCUT2D eigenvalue weighted by Gasteiger charge is 2.25. The molecule has 1 amide bonds. The van der Waals surface area contributed by atoms with Crippen LogP contribution in [0.1, 0.15) is 22.9 Å². The fourth-order valence-corrected chi connectivity index (χ4v) is 3.35. The zero-order chi connectivity index (χ0) is 19.3. The Balaban J connectivity index is 1.64. The molecule has 0 radical (unpaired) electrons. The van der Waals surface area contributed by atoms with Gasteiger partial charge < -0.3 is 14.1 Å². The SMILES string of the molecule is O=C(Cn1nc(C(c2ccccc2)c2ccccc2)oc1=O)N1CCOCC1. The van der Waals surface area contributed by atoms with Crippen LogP contribution in [0.5, 0.6) is 0 Å². The molecule has 1 aliphatic heterocycles. The second-order valence-electron chi connectivity index (χ2n) is 6.61. The number of benzene rings is 2. The molecule has 1 fully saturated rings. The largest absolute Gasteiger partial charge is 0.437 e. The lowest BCUT2D eigenvalue weighted by Crippen LogP contribution is -2.43. The molecule has 2 aromatic carbocycles. The highest BCUT2D eigenvalue weighted by atomic mass is 16.5. The highest BCUT2D eigenvalue weighted by Crippen LogP contribution is 2.29. The van der Waals surface area contributed by atoms with E-state index in [-0.39, 0.29) is 24.3 Å². The summed E-state index contributed by atoms with van der Waals surface area (Å²) in [5, 5.41) is 4.36. The van der Waals surface area contributed by atoms with Crippen molar-refractivity contribution in [2.45, 2.75) is 12.5 Å². The van der Waals surface area contributed by atoms with Gasteiger partial charge in [-0.3, -0.25) is 4.79 Å². The number of hydrogen-bond donors (Lipinski definition) is 0. The maximum atomic E-state index is 12.5. The molecule has 28 heavy (non-hydrogen) atoms. The van der Waals surface area contributed by atoms with E-state index in [0.717, 1.165) is 15.8 Å². The van der Waals surface area contributed by atoms with E-state index in [1.807, 2.05) is 60.7 Å². The summed E-state index contributed by atoms with van der Waals surface area (Å²) in [7, 11) is 0. The Bertz CT molecular complexity index is 936. The molecule has 0 atom stereocenters. The van der Waals surface area contributed by atoms with E-state index in [1.165, 1.54) is 0 Å². The van der Waals surface area contributed by atoms with Crippen molar-refractivity contribution in [1.82, 2.24) is 14.7 Å². The Hall–Kier alpha value is -3.19. The zero-order valence-corrected chi connectivity index (χ0v) is 15.4. The number of nitrogens with zero attached hydrogens (tertiary/aromatic N) is 3. The molecule has 7 nitrogen and oxygen atoms in total. The number of hydrogen-bond acceptors (Lipinski definition) is 5. The van der Waals surface area contributed by atoms with Gasteiger partial charge >= 0.3 is 5.76 Å². The minimum Gasteiger partial charge on any atom is -0.391 e. The van der Waals surface area contributed by atoms with Gasteiger partial charge in [-0.2, -0.15) is 4.68 Å². The lowest BCUT2D eigenvalue weighted by molar-refractivity contribution is -0.136. The molecule has 144 valence electrons. The molecule has 7 heteroatoms. The minimum absolute atomic E-state index is 0.140. The summed E-state index contributed by atoms with van der Waals surface area (Å²) in [5.74, 6) is -0.846. The first-order valence-corrected chi connectivity index (χ1v) is 9.25. The van der Waals surface area contributed by atoms with Crippen molar-refractivity contribution in [3.05, 3.63) is 88.2 Å². The molecule has 1 aromatic heterocycles. The normalized spacial score (nSPS) is 14.4. The van der Waals surface area contributed by atoms with Crippen molar-refractivity contribution >= 4 is 5.91 Å². The Morgan fingerprint density at radius 3 is 2.11 bits per heavy atom. The molecule has 0 unspecified atom stereocenters. The first-order chi connectivity index (χ1) is 13.7. The topological polar surface area (TPSA) is 77.6 Å². The van der Waals surface area contributed by atoms with Gasteiger partial charge in [0.1, 0.15) is 6.54 Å². The van der Waals surface area contributed by atoms with Gasteiger partial charge in [-0.1, -0.05) is 60.7 Å². The van der Waals surface area contributed by atoms with Gasteiger partial charge in [0.15, 0.2) is 0 Å². The monoisotopic (exact) mass is 379 g/mol. The van der Waals surface area contributed by atoms with Crippen molar-refractivity contribution in [2.24, 2.45) is 0 Å². The average molecular weight is 379 g/mol. The Kier molecular flexibility index (Phi) is 5.34. The zero-order valence-electron chi connectivity index (χ0n) is 15.4. The molecular formula is C21H21N3O4. The molecule has 0 bridgehead atoms. The van der Waals surface area contributed by atoms with Crippen LogP contribution in [0.2, 0.25) is 0 Å². The van der Waals surface area contributed by atoms with Crippen LogP contribution in [0.3, 0.4) is 0 Å². The third-order valence-electron chi connectivity index (χ3n) is 4.78. The van der Waals surface area contributed by atoms with Gasteiger partial charge in [0.2, 0.25) is 11.8 Å². The van der Waals surface area contributed by atoms with Gasteiger partial charge in [-0.05, 0) is 11.1 Å². The predicted molar refractivity (Wildman–Crippen MR) is 102 cm³/mol. The van der Waals surface area contributed by atoms with Crippen LogP contribution in [0.4, 0.5) is 0 Å². The quantitative estimate of drug-likeness (QED) is 0.676. The third-order valence-corrected chi connectivity index (χ3v) is 4.78. The molecule has 2 heterocycles. The first-order valence-electron chi connectivity index (χ1n) is 9.25. The summed E-state index contributed by atoms with van der Waals surface area (Å²) in [6.45, 7) is 1.92. The summed E-state index contributed by atoms with van der Waals surface area (Å²) in [4.78, 5) is 26.5.